The highest BCUT2D eigenvalue weighted by Gasteiger charge is 2.41. The number of carbonyl (C=O) groups is 3. The van der Waals surface area contributed by atoms with Crippen LogP contribution in [0.2, 0.25) is 5.02 Å². The number of carbonyl (C=O) groups excluding carboxylic acids is 3. The van der Waals surface area contributed by atoms with Gasteiger partial charge in [0.2, 0.25) is 11.7 Å². The summed E-state index contributed by atoms with van der Waals surface area (Å²) in [6.45, 7) is 0.296. The molecule has 2 amide bonds. The third-order valence-electron chi connectivity index (χ3n) is 4.16. The van der Waals surface area contributed by atoms with Crippen molar-refractivity contribution in [3.63, 3.8) is 0 Å². The Kier molecular flexibility index (Phi) is 5.41. The zero-order chi connectivity index (χ0) is 19.6. The van der Waals surface area contributed by atoms with Gasteiger partial charge < -0.3 is 15.0 Å². The lowest BCUT2D eigenvalue weighted by atomic mass is 10.1. The number of halogens is 2. The lowest BCUT2D eigenvalue weighted by Gasteiger charge is -2.11. The maximum atomic E-state index is 13.4. The summed E-state index contributed by atoms with van der Waals surface area (Å²) in [6.07, 6.45) is 0. The number of hydrogen-bond donors (Lipinski definition) is 1. The molecule has 1 heterocycles. The van der Waals surface area contributed by atoms with Crippen molar-refractivity contribution in [2.45, 2.75) is 6.54 Å². The first-order chi connectivity index (χ1) is 12.8. The molecule has 0 aliphatic carbocycles. The zero-order valence-corrected chi connectivity index (χ0v) is 15.1. The van der Waals surface area contributed by atoms with Crippen LogP contribution in [0.25, 0.3) is 0 Å². The van der Waals surface area contributed by atoms with Gasteiger partial charge in [-0.1, -0.05) is 23.7 Å². The zero-order valence-electron chi connectivity index (χ0n) is 14.4. The first-order valence-corrected chi connectivity index (χ1v) is 8.52. The SMILES string of the molecule is CN1CC(C(=O)NCc2ccc(Oc3ccc(Cl)c(F)c3)cc2)C(=O)C1=O. The van der Waals surface area contributed by atoms with E-state index in [-0.39, 0.29) is 18.1 Å². The number of Topliss-reactive ketones (excluding diaryl/α,β-unsaturated/α-hetero) is 1. The largest absolute Gasteiger partial charge is 0.457 e. The lowest BCUT2D eigenvalue weighted by Crippen LogP contribution is -2.35. The van der Waals surface area contributed by atoms with E-state index in [1.54, 1.807) is 30.3 Å². The summed E-state index contributed by atoms with van der Waals surface area (Å²) in [7, 11) is 1.48. The third kappa shape index (κ3) is 4.25. The number of nitrogens with zero attached hydrogens (tertiary/aromatic N) is 1. The van der Waals surface area contributed by atoms with Gasteiger partial charge in [-0.3, -0.25) is 14.4 Å². The Balaban J connectivity index is 1.56. The average Bonchev–Trinajstić information content (AvgIpc) is 2.91. The summed E-state index contributed by atoms with van der Waals surface area (Å²) in [5.41, 5.74) is 0.781. The van der Waals surface area contributed by atoms with Gasteiger partial charge in [-0.15, -0.1) is 0 Å². The minimum absolute atomic E-state index is 0.0158. The fourth-order valence-corrected chi connectivity index (χ4v) is 2.76. The molecule has 8 heteroatoms. The van der Waals surface area contributed by atoms with Gasteiger partial charge >= 0.3 is 0 Å². The Bertz CT molecular complexity index is 901. The van der Waals surface area contributed by atoms with E-state index in [1.807, 2.05) is 0 Å². The van der Waals surface area contributed by atoms with Gasteiger partial charge in [-0.25, -0.2) is 4.39 Å². The number of amides is 2. The minimum Gasteiger partial charge on any atom is -0.457 e. The highest BCUT2D eigenvalue weighted by atomic mass is 35.5. The van der Waals surface area contributed by atoms with Crippen molar-refractivity contribution in [1.82, 2.24) is 10.2 Å². The predicted octanol–water partition coefficient (Wildman–Crippen LogP) is 2.54. The lowest BCUT2D eigenvalue weighted by molar-refractivity contribution is -0.142. The van der Waals surface area contributed by atoms with E-state index in [1.165, 1.54) is 24.1 Å². The summed E-state index contributed by atoms with van der Waals surface area (Å²) in [6, 6.07) is 11.0. The molecule has 1 aliphatic heterocycles. The second-order valence-corrected chi connectivity index (χ2v) is 6.55. The van der Waals surface area contributed by atoms with Crippen LogP contribution >= 0.6 is 11.6 Å². The van der Waals surface area contributed by atoms with Gasteiger partial charge in [0, 0.05) is 26.2 Å². The molecule has 3 rings (SSSR count). The molecule has 2 aromatic rings. The average molecular weight is 391 g/mol. The summed E-state index contributed by atoms with van der Waals surface area (Å²) < 4.78 is 19.0. The van der Waals surface area contributed by atoms with E-state index in [0.29, 0.717) is 11.5 Å². The number of hydrogen-bond acceptors (Lipinski definition) is 4. The third-order valence-corrected chi connectivity index (χ3v) is 4.47. The summed E-state index contributed by atoms with van der Waals surface area (Å²) >= 11 is 5.63. The second kappa shape index (κ2) is 7.75. The number of likely N-dealkylation sites (N-methyl/N-ethyl adjacent to an activating group) is 1. The number of ketones is 1. The van der Waals surface area contributed by atoms with Gasteiger partial charge in [0.15, 0.2) is 0 Å². The Labute approximate surface area is 159 Å². The molecule has 0 saturated carbocycles. The quantitative estimate of drug-likeness (QED) is 0.629. The van der Waals surface area contributed by atoms with Crippen LogP contribution in [0.1, 0.15) is 5.56 Å². The highest BCUT2D eigenvalue weighted by Crippen LogP contribution is 2.25. The van der Waals surface area contributed by atoms with Crippen molar-refractivity contribution in [1.29, 1.82) is 0 Å². The Morgan fingerprint density at radius 2 is 1.89 bits per heavy atom. The van der Waals surface area contributed by atoms with Gasteiger partial charge in [0.1, 0.15) is 23.2 Å². The molecule has 27 heavy (non-hydrogen) atoms. The molecule has 1 N–H and O–H groups in total. The van der Waals surface area contributed by atoms with E-state index >= 15 is 0 Å². The first kappa shape index (κ1) is 18.8. The molecule has 6 nitrogen and oxygen atoms in total. The van der Waals surface area contributed by atoms with Crippen LogP contribution in [-0.4, -0.2) is 36.1 Å². The van der Waals surface area contributed by atoms with Gasteiger partial charge in [0.25, 0.3) is 5.91 Å². The molecule has 1 atom stereocenters. The van der Waals surface area contributed by atoms with E-state index in [9.17, 15) is 18.8 Å². The molecular weight excluding hydrogens is 375 g/mol. The topological polar surface area (TPSA) is 75.7 Å². The Morgan fingerprint density at radius 1 is 1.22 bits per heavy atom. The second-order valence-electron chi connectivity index (χ2n) is 6.14. The highest BCUT2D eigenvalue weighted by molar-refractivity contribution is 6.42. The van der Waals surface area contributed by atoms with Crippen LogP contribution in [0.4, 0.5) is 4.39 Å². The molecule has 0 radical (unpaired) electrons. The standard InChI is InChI=1S/C19H16ClFN2O4/c1-23-10-14(17(24)19(23)26)18(25)22-9-11-2-4-12(5-3-11)27-13-6-7-15(20)16(21)8-13/h2-8,14H,9-10H2,1H3,(H,22,25). The number of benzene rings is 2. The van der Waals surface area contributed by atoms with Crippen LogP contribution in [0.15, 0.2) is 42.5 Å². The molecule has 140 valence electrons. The Morgan fingerprint density at radius 3 is 2.48 bits per heavy atom. The monoisotopic (exact) mass is 390 g/mol. The van der Waals surface area contributed by atoms with E-state index in [4.69, 9.17) is 16.3 Å². The summed E-state index contributed by atoms with van der Waals surface area (Å²) in [5.74, 6) is -2.54. The van der Waals surface area contributed by atoms with Crippen molar-refractivity contribution >= 4 is 29.2 Å². The molecule has 0 bridgehead atoms. The van der Waals surface area contributed by atoms with Crippen molar-refractivity contribution in [3.05, 3.63) is 58.9 Å². The van der Waals surface area contributed by atoms with Crippen molar-refractivity contribution in [2.75, 3.05) is 13.6 Å². The Hall–Kier alpha value is -2.93. The molecule has 0 aromatic heterocycles. The minimum atomic E-state index is -0.968. The number of ether oxygens (including phenoxy) is 1. The maximum absolute atomic E-state index is 13.4. The van der Waals surface area contributed by atoms with Crippen LogP contribution in [-0.2, 0) is 20.9 Å². The summed E-state index contributed by atoms with van der Waals surface area (Å²) in [4.78, 5) is 36.5. The first-order valence-electron chi connectivity index (χ1n) is 8.14. The number of rotatable bonds is 5. The van der Waals surface area contributed by atoms with Crippen molar-refractivity contribution in [2.24, 2.45) is 5.92 Å². The smallest absolute Gasteiger partial charge is 0.290 e. The molecule has 1 fully saturated rings. The summed E-state index contributed by atoms with van der Waals surface area (Å²) in [5, 5.41) is 2.67. The van der Waals surface area contributed by atoms with Crippen molar-refractivity contribution < 1.29 is 23.5 Å². The van der Waals surface area contributed by atoms with Gasteiger partial charge in [-0.05, 0) is 29.8 Å². The van der Waals surface area contributed by atoms with Crippen LogP contribution in [0, 0.1) is 11.7 Å². The molecule has 2 aromatic carbocycles. The fourth-order valence-electron chi connectivity index (χ4n) is 2.64. The van der Waals surface area contributed by atoms with E-state index < -0.39 is 29.3 Å². The van der Waals surface area contributed by atoms with Crippen LogP contribution in [0.5, 0.6) is 11.5 Å². The normalized spacial score (nSPS) is 16.6. The van der Waals surface area contributed by atoms with Crippen LogP contribution < -0.4 is 10.1 Å². The number of likely N-dealkylation sites (tertiary alicyclic amines) is 1. The van der Waals surface area contributed by atoms with E-state index in [0.717, 1.165) is 5.56 Å². The van der Waals surface area contributed by atoms with Crippen LogP contribution in [0.3, 0.4) is 0 Å². The molecular formula is C19H16ClFN2O4. The maximum Gasteiger partial charge on any atom is 0.290 e. The molecule has 1 aliphatic rings. The predicted molar refractivity (Wildman–Crippen MR) is 95.9 cm³/mol. The molecule has 1 saturated heterocycles. The number of nitrogens with one attached hydrogen (secondary N) is 1. The van der Waals surface area contributed by atoms with Crippen molar-refractivity contribution in [3.8, 4) is 11.5 Å². The van der Waals surface area contributed by atoms with Gasteiger partial charge in [-0.2, -0.15) is 0 Å². The fraction of sp³-hybridized carbons (Fsp3) is 0.211. The van der Waals surface area contributed by atoms with E-state index in [2.05, 4.69) is 5.32 Å². The molecule has 1 unspecified atom stereocenters. The van der Waals surface area contributed by atoms with Gasteiger partial charge in [0.05, 0.1) is 5.02 Å². The molecule has 0 spiro atoms.